The number of rotatable bonds is 5. The first-order valence-corrected chi connectivity index (χ1v) is 8.80. The van der Waals surface area contributed by atoms with E-state index >= 15 is 0 Å². The van der Waals surface area contributed by atoms with E-state index in [1.165, 1.54) is 11.1 Å². The van der Waals surface area contributed by atoms with Crippen molar-refractivity contribution in [2.24, 2.45) is 0 Å². The van der Waals surface area contributed by atoms with E-state index in [2.05, 4.69) is 31.3 Å². The molecule has 0 spiro atoms. The maximum absolute atomic E-state index is 12.9. The van der Waals surface area contributed by atoms with Crippen molar-refractivity contribution in [2.45, 2.75) is 26.7 Å². The highest BCUT2D eigenvalue weighted by Crippen LogP contribution is 2.25. The minimum Gasteiger partial charge on any atom is -0.322 e. The van der Waals surface area contributed by atoms with Crippen molar-refractivity contribution in [3.63, 3.8) is 0 Å². The lowest BCUT2D eigenvalue weighted by molar-refractivity contribution is 0.102. The Kier molecular flexibility index (Phi) is 5.30. The predicted molar refractivity (Wildman–Crippen MR) is 105 cm³/mol. The normalized spacial score (nSPS) is 10.5. The number of anilines is 1. The summed E-state index contributed by atoms with van der Waals surface area (Å²) in [6, 6.07) is 23.9. The number of nitrogens with one attached hydrogen (secondary N) is 1. The molecule has 0 atom stereocenters. The Bertz CT molecular complexity index is 868. The van der Waals surface area contributed by atoms with Crippen LogP contribution in [-0.2, 0) is 12.8 Å². The maximum Gasteiger partial charge on any atom is 0.256 e. The van der Waals surface area contributed by atoms with Crippen LogP contribution in [0.15, 0.2) is 72.8 Å². The standard InChI is InChI=1S/C23H23NO/c1-3-17-14-15-20(16-18(17)4-2)24-23(25)22-13-9-8-12-21(22)19-10-6-5-7-11-19/h5-16H,3-4H2,1-2H3,(H,24,25). The average molecular weight is 329 g/mol. The number of hydrogen-bond donors (Lipinski definition) is 1. The van der Waals surface area contributed by atoms with Gasteiger partial charge in [-0.05, 0) is 53.3 Å². The molecule has 1 amide bonds. The lowest BCUT2D eigenvalue weighted by Crippen LogP contribution is -2.13. The van der Waals surface area contributed by atoms with Gasteiger partial charge in [0.2, 0.25) is 0 Å². The molecule has 0 heterocycles. The van der Waals surface area contributed by atoms with Gasteiger partial charge in [-0.15, -0.1) is 0 Å². The Morgan fingerprint density at radius 3 is 2.20 bits per heavy atom. The van der Waals surface area contributed by atoms with Crippen molar-refractivity contribution < 1.29 is 4.79 Å². The van der Waals surface area contributed by atoms with Crippen LogP contribution in [0.2, 0.25) is 0 Å². The second kappa shape index (κ2) is 7.80. The van der Waals surface area contributed by atoms with Gasteiger partial charge in [0.05, 0.1) is 0 Å². The van der Waals surface area contributed by atoms with E-state index in [9.17, 15) is 4.79 Å². The van der Waals surface area contributed by atoms with Crippen LogP contribution >= 0.6 is 0 Å². The number of amides is 1. The van der Waals surface area contributed by atoms with Crippen molar-refractivity contribution in [2.75, 3.05) is 5.32 Å². The Morgan fingerprint density at radius 2 is 1.48 bits per heavy atom. The summed E-state index contributed by atoms with van der Waals surface area (Å²) in [6.45, 7) is 4.30. The molecule has 2 nitrogen and oxygen atoms in total. The van der Waals surface area contributed by atoms with Crippen LogP contribution in [0.1, 0.15) is 35.3 Å². The Balaban J connectivity index is 1.90. The minimum absolute atomic E-state index is 0.0780. The fourth-order valence-electron chi connectivity index (χ4n) is 3.13. The Morgan fingerprint density at radius 1 is 0.800 bits per heavy atom. The van der Waals surface area contributed by atoms with Crippen LogP contribution in [0.5, 0.6) is 0 Å². The van der Waals surface area contributed by atoms with Crippen molar-refractivity contribution in [3.8, 4) is 11.1 Å². The summed E-state index contributed by atoms with van der Waals surface area (Å²) in [5, 5.41) is 3.06. The zero-order chi connectivity index (χ0) is 17.6. The summed E-state index contributed by atoms with van der Waals surface area (Å²) in [5.41, 5.74) is 6.15. The summed E-state index contributed by atoms with van der Waals surface area (Å²) in [6.07, 6.45) is 1.97. The van der Waals surface area contributed by atoms with Crippen molar-refractivity contribution in [3.05, 3.63) is 89.5 Å². The first-order valence-electron chi connectivity index (χ1n) is 8.80. The highest BCUT2D eigenvalue weighted by atomic mass is 16.1. The molecule has 3 aromatic rings. The lowest BCUT2D eigenvalue weighted by Gasteiger charge is -2.13. The molecule has 0 bridgehead atoms. The summed E-state index contributed by atoms with van der Waals surface area (Å²) in [7, 11) is 0. The van der Waals surface area contributed by atoms with E-state index in [1.807, 2.05) is 60.7 Å². The maximum atomic E-state index is 12.9. The van der Waals surface area contributed by atoms with Gasteiger partial charge in [0.15, 0.2) is 0 Å². The number of carbonyl (C=O) groups excluding carboxylic acids is 1. The van der Waals surface area contributed by atoms with Gasteiger partial charge in [0.1, 0.15) is 0 Å². The molecule has 0 radical (unpaired) electrons. The predicted octanol–water partition coefficient (Wildman–Crippen LogP) is 5.73. The lowest BCUT2D eigenvalue weighted by atomic mass is 9.99. The van der Waals surface area contributed by atoms with Crippen LogP contribution in [-0.4, -0.2) is 5.91 Å². The first-order chi connectivity index (χ1) is 12.2. The summed E-state index contributed by atoms with van der Waals surface area (Å²) >= 11 is 0. The van der Waals surface area contributed by atoms with E-state index < -0.39 is 0 Å². The van der Waals surface area contributed by atoms with E-state index in [-0.39, 0.29) is 5.91 Å². The quantitative estimate of drug-likeness (QED) is 0.636. The molecule has 0 aliphatic rings. The van der Waals surface area contributed by atoms with Crippen molar-refractivity contribution in [1.29, 1.82) is 0 Å². The minimum atomic E-state index is -0.0780. The zero-order valence-electron chi connectivity index (χ0n) is 14.8. The summed E-state index contributed by atoms with van der Waals surface area (Å²) in [4.78, 5) is 12.9. The van der Waals surface area contributed by atoms with Gasteiger partial charge in [-0.1, -0.05) is 68.4 Å². The molecule has 0 aromatic heterocycles. The molecule has 0 aliphatic carbocycles. The van der Waals surface area contributed by atoms with E-state index in [0.29, 0.717) is 5.56 Å². The summed E-state index contributed by atoms with van der Waals surface area (Å²) in [5.74, 6) is -0.0780. The van der Waals surface area contributed by atoms with Gasteiger partial charge in [-0.2, -0.15) is 0 Å². The Labute approximate surface area is 149 Å². The molecular formula is C23H23NO. The smallest absolute Gasteiger partial charge is 0.256 e. The summed E-state index contributed by atoms with van der Waals surface area (Å²) < 4.78 is 0. The Hall–Kier alpha value is -2.87. The molecule has 0 unspecified atom stereocenters. The monoisotopic (exact) mass is 329 g/mol. The highest BCUT2D eigenvalue weighted by molar-refractivity contribution is 6.08. The van der Waals surface area contributed by atoms with Crippen LogP contribution in [0, 0.1) is 0 Å². The number of carbonyl (C=O) groups is 1. The fraction of sp³-hybridized carbons (Fsp3) is 0.174. The van der Waals surface area contributed by atoms with Gasteiger partial charge >= 0.3 is 0 Å². The molecular weight excluding hydrogens is 306 g/mol. The topological polar surface area (TPSA) is 29.1 Å². The van der Waals surface area contributed by atoms with E-state index in [4.69, 9.17) is 0 Å². The molecule has 126 valence electrons. The largest absolute Gasteiger partial charge is 0.322 e. The third kappa shape index (κ3) is 3.80. The second-order valence-corrected chi connectivity index (χ2v) is 6.06. The average Bonchev–Trinajstić information content (AvgIpc) is 2.68. The van der Waals surface area contributed by atoms with Crippen molar-refractivity contribution in [1.82, 2.24) is 0 Å². The molecule has 25 heavy (non-hydrogen) atoms. The zero-order valence-corrected chi connectivity index (χ0v) is 14.8. The SMILES string of the molecule is CCc1ccc(NC(=O)c2ccccc2-c2ccccc2)cc1CC. The fourth-order valence-corrected chi connectivity index (χ4v) is 3.13. The molecule has 1 N–H and O–H groups in total. The van der Waals surface area contributed by atoms with Gasteiger partial charge in [0.25, 0.3) is 5.91 Å². The van der Waals surface area contributed by atoms with Crippen LogP contribution < -0.4 is 5.32 Å². The molecule has 0 saturated heterocycles. The third-order valence-electron chi connectivity index (χ3n) is 4.48. The van der Waals surface area contributed by atoms with Gasteiger partial charge in [0, 0.05) is 11.3 Å². The van der Waals surface area contributed by atoms with Gasteiger partial charge in [-0.3, -0.25) is 4.79 Å². The molecule has 0 saturated carbocycles. The number of hydrogen-bond acceptors (Lipinski definition) is 1. The van der Waals surface area contributed by atoms with Crippen LogP contribution in [0.25, 0.3) is 11.1 Å². The van der Waals surface area contributed by atoms with Crippen LogP contribution in [0.4, 0.5) is 5.69 Å². The van der Waals surface area contributed by atoms with E-state index in [1.54, 1.807) is 0 Å². The molecule has 0 aliphatic heterocycles. The molecule has 2 heteroatoms. The first kappa shape index (κ1) is 17.0. The van der Waals surface area contributed by atoms with Crippen molar-refractivity contribution >= 4 is 11.6 Å². The third-order valence-corrected chi connectivity index (χ3v) is 4.48. The number of aryl methyl sites for hydroxylation is 2. The number of benzene rings is 3. The second-order valence-electron chi connectivity index (χ2n) is 6.06. The van der Waals surface area contributed by atoms with Gasteiger partial charge in [-0.25, -0.2) is 0 Å². The molecule has 3 aromatic carbocycles. The van der Waals surface area contributed by atoms with Crippen LogP contribution in [0.3, 0.4) is 0 Å². The molecule has 0 fully saturated rings. The van der Waals surface area contributed by atoms with Gasteiger partial charge < -0.3 is 5.32 Å². The van der Waals surface area contributed by atoms with E-state index in [0.717, 1.165) is 29.7 Å². The molecule has 3 rings (SSSR count). The highest BCUT2D eigenvalue weighted by Gasteiger charge is 2.13.